The molecule has 0 aliphatic rings. The summed E-state index contributed by atoms with van der Waals surface area (Å²) in [5.74, 6) is 1.62. The van der Waals surface area contributed by atoms with E-state index in [1.807, 2.05) is 19.9 Å². The van der Waals surface area contributed by atoms with Crippen LogP contribution in [0.3, 0.4) is 0 Å². The van der Waals surface area contributed by atoms with E-state index in [-0.39, 0.29) is 6.10 Å². The number of aliphatic hydroxyl groups excluding tert-OH is 1. The molecule has 1 heterocycles. The van der Waals surface area contributed by atoms with Crippen molar-refractivity contribution in [1.82, 2.24) is 9.97 Å². The molecule has 0 aliphatic heterocycles. The van der Waals surface area contributed by atoms with Crippen molar-refractivity contribution in [1.29, 1.82) is 0 Å². The van der Waals surface area contributed by atoms with Gasteiger partial charge in [0.15, 0.2) is 0 Å². The van der Waals surface area contributed by atoms with Gasteiger partial charge >= 0.3 is 0 Å². The second kappa shape index (κ2) is 4.91. The van der Waals surface area contributed by atoms with Crippen molar-refractivity contribution in [3.63, 3.8) is 0 Å². The molecule has 0 saturated carbocycles. The first-order valence-corrected chi connectivity index (χ1v) is 4.88. The Balaban J connectivity index is 2.71. The van der Waals surface area contributed by atoms with Gasteiger partial charge in [-0.15, -0.1) is 0 Å². The Hall–Kier alpha value is -1.16. The number of nitrogens with one attached hydrogen (secondary N) is 1. The molecule has 4 heteroatoms. The highest BCUT2D eigenvalue weighted by Crippen LogP contribution is 2.06. The summed E-state index contributed by atoms with van der Waals surface area (Å²) in [4.78, 5) is 8.56. The highest BCUT2D eigenvalue weighted by molar-refractivity contribution is 5.35. The zero-order valence-corrected chi connectivity index (χ0v) is 8.91. The molecule has 2 N–H and O–H groups in total. The van der Waals surface area contributed by atoms with E-state index in [0.717, 1.165) is 23.8 Å². The van der Waals surface area contributed by atoms with E-state index in [0.29, 0.717) is 6.54 Å². The third-order valence-corrected chi connectivity index (χ3v) is 1.80. The van der Waals surface area contributed by atoms with Gasteiger partial charge in [-0.25, -0.2) is 9.97 Å². The predicted octanol–water partition coefficient (Wildman–Crippen LogP) is 1.14. The van der Waals surface area contributed by atoms with Crippen LogP contribution in [-0.2, 0) is 6.42 Å². The molecule has 14 heavy (non-hydrogen) atoms. The average molecular weight is 195 g/mol. The molecule has 0 saturated heterocycles. The summed E-state index contributed by atoms with van der Waals surface area (Å²) in [5.41, 5.74) is 0.949. The summed E-state index contributed by atoms with van der Waals surface area (Å²) < 4.78 is 0. The molecule has 78 valence electrons. The number of hydrogen-bond donors (Lipinski definition) is 2. The van der Waals surface area contributed by atoms with Crippen molar-refractivity contribution in [3.05, 3.63) is 17.6 Å². The van der Waals surface area contributed by atoms with Gasteiger partial charge in [0.2, 0.25) is 0 Å². The second-order valence-corrected chi connectivity index (χ2v) is 3.39. The van der Waals surface area contributed by atoms with Gasteiger partial charge in [-0.05, 0) is 13.8 Å². The normalized spacial score (nSPS) is 12.6. The fraction of sp³-hybridized carbons (Fsp3) is 0.600. The minimum absolute atomic E-state index is 0.365. The molecule has 0 radical (unpaired) electrons. The van der Waals surface area contributed by atoms with Crippen LogP contribution in [0.15, 0.2) is 6.07 Å². The largest absolute Gasteiger partial charge is 0.392 e. The van der Waals surface area contributed by atoms with Gasteiger partial charge < -0.3 is 10.4 Å². The van der Waals surface area contributed by atoms with Crippen LogP contribution in [0.1, 0.15) is 25.4 Å². The fourth-order valence-electron chi connectivity index (χ4n) is 1.13. The van der Waals surface area contributed by atoms with Crippen molar-refractivity contribution in [2.45, 2.75) is 33.3 Å². The van der Waals surface area contributed by atoms with Crippen molar-refractivity contribution in [2.75, 3.05) is 11.9 Å². The van der Waals surface area contributed by atoms with Gasteiger partial charge in [0, 0.05) is 24.7 Å². The van der Waals surface area contributed by atoms with Crippen LogP contribution in [0, 0.1) is 6.92 Å². The summed E-state index contributed by atoms with van der Waals surface area (Å²) in [5, 5.41) is 12.2. The monoisotopic (exact) mass is 195 g/mol. The third kappa shape index (κ3) is 3.30. The molecule has 0 aliphatic carbocycles. The van der Waals surface area contributed by atoms with Crippen LogP contribution in [-0.4, -0.2) is 27.7 Å². The van der Waals surface area contributed by atoms with Crippen LogP contribution in [0.2, 0.25) is 0 Å². The van der Waals surface area contributed by atoms with Gasteiger partial charge in [-0.1, -0.05) is 6.92 Å². The summed E-state index contributed by atoms with van der Waals surface area (Å²) in [6, 6.07) is 1.88. The molecule has 4 nitrogen and oxygen atoms in total. The van der Waals surface area contributed by atoms with E-state index < -0.39 is 0 Å². The van der Waals surface area contributed by atoms with Crippen LogP contribution >= 0.6 is 0 Å². The first-order chi connectivity index (χ1) is 6.61. The molecule has 1 aromatic rings. The van der Waals surface area contributed by atoms with E-state index >= 15 is 0 Å². The maximum absolute atomic E-state index is 9.10. The van der Waals surface area contributed by atoms with Gasteiger partial charge in [-0.2, -0.15) is 0 Å². The molecular formula is C10H17N3O. The molecular weight excluding hydrogens is 178 g/mol. The summed E-state index contributed by atoms with van der Waals surface area (Å²) in [6.45, 7) is 6.21. The maximum atomic E-state index is 9.10. The van der Waals surface area contributed by atoms with Crippen molar-refractivity contribution >= 4 is 5.82 Å². The van der Waals surface area contributed by atoms with Crippen molar-refractivity contribution in [2.24, 2.45) is 0 Å². The minimum atomic E-state index is -0.365. The number of anilines is 1. The lowest BCUT2D eigenvalue weighted by atomic mass is 10.3. The summed E-state index contributed by atoms with van der Waals surface area (Å²) in [6.07, 6.45) is 0.459. The van der Waals surface area contributed by atoms with Crippen molar-refractivity contribution < 1.29 is 5.11 Å². The molecule has 0 spiro atoms. The van der Waals surface area contributed by atoms with Crippen LogP contribution in [0.4, 0.5) is 5.82 Å². The number of aryl methyl sites for hydroxylation is 2. The first-order valence-electron chi connectivity index (χ1n) is 4.88. The number of aromatic nitrogens is 2. The Morgan fingerprint density at radius 1 is 1.50 bits per heavy atom. The number of hydrogen-bond acceptors (Lipinski definition) is 4. The van der Waals surface area contributed by atoms with Crippen LogP contribution < -0.4 is 5.32 Å². The zero-order valence-electron chi connectivity index (χ0n) is 8.91. The number of rotatable bonds is 4. The zero-order chi connectivity index (χ0) is 10.6. The first kappa shape index (κ1) is 10.9. The quantitative estimate of drug-likeness (QED) is 0.756. The molecule has 1 rings (SSSR count). The van der Waals surface area contributed by atoms with Gasteiger partial charge in [0.1, 0.15) is 11.6 Å². The summed E-state index contributed by atoms with van der Waals surface area (Å²) >= 11 is 0. The third-order valence-electron chi connectivity index (χ3n) is 1.80. The maximum Gasteiger partial charge on any atom is 0.130 e. The number of aliphatic hydroxyl groups is 1. The average Bonchev–Trinajstić information content (AvgIpc) is 2.14. The van der Waals surface area contributed by atoms with Gasteiger partial charge in [0.05, 0.1) is 6.10 Å². The van der Waals surface area contributed by atoms with Gasteiger partial charge in [0.25, 0.3) is 0 Å². The Morgan fingerprint density at radius 2 is 2.21 bits per heavy atom. The Kier molecular flexibility index (Phi) is 3.83. The molecule has 1 aromatic heterocycles. The Labute approximate surface area is 84.4 Å². The molecule has 0 amide bonds. The molecule has 0 bridgehead atoms. The Bertz CT molecular complexity index is 299. The predicted molar refractivity (Wildman–Crippen MR) is 56.3 cm³/mol. The lowest BCUT2D eigenvalue weighted by Crippen LogP contribution is -2.16. The SMILES string of the molecule is CCc1nc(C)cc(NCC(C)O)n1. The molecule has 1 unspecified atom stereocenters. The Morgan fingerprint density at radius 3 is 2.79 bits per heavy atom. The molecule has 0 fully saturated rings. The minimum Gasteiger partial charge on any atom is -0.392 e. The topological polar surface area (TPSA) is 58.0 Å². The van der Waals surface area contributed by atoms with Crippen LogP contribution in [0.25, 0.3) is 0 Å². The lowest BCUT2D eigenvalue weighted by molar-refractivity contribution is 0.208. The van der Waals surface area contributed by atoms with Gasteiger partial charge in [-0.3, -0.25) is 0 Å². The molecule has 1 atom stereocenters. The smallest absolute Gasteiger partial charge is 0.130 e. The number of nitrogens with zero attached hydrogens (tertiary/aromatic N) is 2. The highest BCUT2D eigenvalue weighted by atomic mass is 16.3. The highest BCUT2D eigenvalue weighted by Gasteiger charge is 2.01. The lowest BCUT2D eigenvalue weighted by Gasteiger charge is -2.09. The standard InChI is InChI=1S/C10H17N3O/c1-4-9-12-7(2)5-10(13-9)11-6-8(3)14/h5,8,14H,4,6H2,1-3H3,(H,11,12,13). The van der Waals surface area contributed by atoms with E-state index in [2.05, 4.69) is 15.3 Å². The van der Waals surface area contributed by atoms with Crippen molar-refractivity contribution in [3.8, 4) is 0 Å². The second-order valence-electron chi connectivity index (χ2n) is 3.39. The van der Waals surface area contributed by atoms with E-state index in [9.17, 15) is 0 Å². The van der Waals surface area contributed by atoms with E-state index in [1.54, 1.807) is 6.92 Å². The van der Waals surface area contributed by atoms with E-state index in [1.165, 1.54) is 0 Å². The van der Waals surface area contributed by atoms with Crippen LogP contribution in [0.5, 0.6) is 0 Å². The fourth-order valence-corrected chi connectivity index (χ4v) is 1.13. The summed E-state index contributed by atoms with van der Waals surface area (Å²) in [7, 11) is 0. The van der Waals surface area contributed by atoms with E-state index in [4.69, 9.17) is 5.11 Å². The molecule has 0 aromatic carbocycles.